The van der Waals surface area contributed by atoms with Crippen LogP contribution in [-0.2, 0) is 4.79 Å². The highest BCUT2D eigenvalue weighted by atomic mass is 19.1. The van der Waals surface area contributed by atoms with Gasteiger partial charge in [0, 0.05) is 0 Å². The van der Waals surface area contributed by atoms with Gasteiger partial charge in [0.25, 0.3) is 5.91 Å². The first kappa shape index (κ1) is 15.8. The molecule has 116 valence electrons. The van der Waals surface area contributed by atoms with Gasteiger partial charge in [0.15, 0.2) is 6.61 Å². The lowest BCUT2D eigenvalue weighted by molar-refractivity contribution is -0.118. The van der Waals surface area contributed by atoms with Gasteiger partial charge < -0.3 is 14.8 Å². The molecule has 0 saturated carbocycles. The summed E-state index contributed by atoms with van der Waals surface area (Å²) in [5.74, 6) is 0.405. The van der Waals surface area contributed by atoms with Crippen molar-refractivity contribution in [1.82, 2.24) is 0 Å². The molecular formula is C17H18FNO3. The van der Waals surface area contributed by atoms with Crippen molar-refractivity contribution in [1.29, 1.82) is 0 Å². The van der Waals surface area contributed by atoms with Gasteiger partial charge in [-0.3, -0.25) is 4.79 Å². The van der Waals surface area contributed by atoms with Gasteiger partial charge in [0.1, 0.15) is 17.3 Å². The highest BCUT2D eigenvalue weighted by molar-refractivity contribution is 5.93. The highest BCUT2D eigenvalue weighted by Gasteiger charge is 2.08. The number of carbonyl (C=O) groups is 1. The molecule has 0 aromatic heterocycles. The van der Waals surface area contributed by atoms with E-state index < -0.39 is 0 Å². The number of hydrogen-bond acceptors (Lipinski definition) is 3. The number of ether oxygens (including phenoxy) is 2. The Kier molecular flexibility index (Phi) is 5.77. The van der Waals surface area contributed by atoms with E-state index in [9.17, 15) is 9.18 Å². The first-order valence-corrected chi connectivity index (χ1v) is 7.09. The molecule has 0 spiro atoms. The second-order valence-corrected chi connectivity index (χ2v) is 4.64. The number of nitrogens with one attached hydrogen (secondary N) is 1. The number of hydrogen-bond donors (Lipinski definition) is 1. The fourth-order valence-electron chi connectivity index (χ4n) is 1.77. The van der Waals surface area contributed by atoms with Crippen LogP contribution in [-0.4, -0.2) is 19.1 Å². The van der Waals surface area contributed by atoms with Crippen LogP contribution in [0.25, 0.3) is 0 Å². The lowest BCUT2D eigenvalue weighted by Crippen LogP contribution is -2.20. The minimum Gasteiger partial charge on any atom is -0.491 e. The van der Waals surface area contributed by atoms with E-state index in [0.29, 0.717) is 23.8 Å². The Morgan fingerprint density at radius 1 is 1.09 bits per heavy atom. The molecule has 0 unspecified atom stereocenters. The summed E-state index contributed by atoms with van der Waals surface area (Å²) in [6, 6.07) is 12.7. The third kappa shape index (κ3) is 4.77. The van der Waals surface area contributed by atoms with Crippen LogP contribution in [0.15, 0.2) is 48.5 Å². The Morgan fingerprint density at radius 2 is 1.82 bits per heavy atom. The van der Waals surface area contributed by atoms with E-state index >= 15 is 0 Å². The van der Waals surface area contributed by atoms with Gasteiger partial charge in [-0.25, -0.2) is 4.39 Å². The van der Waals surface area contributed by atoms with Gasteiger partial charge >= 0.3 is 0 Å². The molecule has 1 amide bonds. The average Bonchev–Trinajstić information content (AvgIpc) is 2.53. The topological polar surface area (TPSA) is 47.6 Å². The summed E-state index contributed by atoms with van der Waals surface area (Å²) < 4.78 is 23.6. The van der Waals surface area contributed by atoms with Crippen LogP contribution in [0.3, 0.4) is 0 Å². The maximum atomic E-state index is 12.8. The van der Waals surface area contributed by atoms with Gasteiger partial charge in [0.2, 0.25) is 0 Å². The Morgan fingerprint density at radius 3 is 2.55 bits per heavy atom. The Labute approximate surface area is 128 Å². The van der Waals surface area contributed by atoms with Crippen LogP contribution < -0.4 is 14.8 Å². The van der Waals surface area contributed by atoms with E-state index in [1.165, 1.54) is 24.3 Å². The van der Waals surface area contributed by atoms with Crippen LogP contribution in [0.1, 0.15) is 13.3 Å². The normalized spacial score (nSPS) is 10.1. The molecule has 1 N–H and O–H groups in total. The number of halogens is 1. The second kappa shape index (κ2) is 8.02. The number of amides is 1. The van der Waals surface area contributed by atoms with Crippen molar-refractivity contribution in [2.45, 2.75) is 13.3 Å². The summed E-state index contributed by atoms with van der Waals surface area (Å²) in [6.07, 6.45) is 0.885. The number of para-hydroxylation sites is 2. The SMILES string of the molecule is CCCOc1ccccc1NC(=O)COc1ccc(F)cc1. The summed E-state index contributed by atoms with van der Waals surface area (Å²) in [7, 11) is 0. The summed E-state index contributed by atoms with van der Waals surface area (Å²) in [4.78, 5) is 11.9. The van der Waals surface area contributed by atoms with Gasteiger partial charge in [-0.2, -0.15) is 0 Å². The highest BCUT2D eigenvalue weighted by Crippen LogP contribution is 2.23. The van der Waals surface area contributed by atoms with Crippen LogP contribution in [0, 0.1) is 5.82 Å². The van der Waals surface area contributed by atoms with E-state index in [1.807, 2.05) is 19.1 Å². The lowest BCUT2D eigenvalue weighted by Gasteiger charge is -2.12. The predicted molar refractivity (Wildman–Crippen MR) is 82.8 cm³/mol. The van der Waals surface area contributed by atoms with Gasteiger partial charge in [-0.15, -0.1) is 0 Å². The molecule has 2 aromatic carbocycles. The Bertz CT molecular complexity index is 614. The third-order valence-corrected chi connectivity index (χ3v) is 2.81. The largest absolute Gasteiger partial charge is 0.491 e. The maximum absolute atomic E-state index is 12.8. The molecular weight excluding hydrogens is 285 g/mol. The molecule has 0 atom stereocenters. The first-order chi connectivity index (χ1) is 10.7. The van der Waals surface area contributed by atoms with Crippen molar-refractivity contribution in [3.63, 3.8) is 0 Å². The molecule has 0 heterocycles. The third-order valence-electron chi connectivity index (χ3n) is 2.81. The zero-order chi connectivity index (χ0) is 15.8. The summed E-state index contributed by atoms with van der Waals surface area (Å²) in [5, 5.41) is 2.74. The maximum Gasteiger partial charge on any atom is 0.262 e. The monoisotopic (exact) mass is 303 g/mol. The van der Waals surface area contributed by atoms with Crippen molar-refractivity contribution in [2.24, 2.45) is 0 Å². The zero-order valence-electron chi connectivity index (χ0n) is 12.3. The van der Waals surface area contributed by atoms with Crippen LogP contribution in [0.5, 0.6) is 11.5 Å². The molecule has 0 radical (unpaired) electrons. The molecule has 2 aromatic rings. The van der Waals surface area contributed by atoms with Crippen molar-refractivity contribution in [3.8, 4) is 11.5 Å². The van der Waals surface area contributed by atoms with Crippen molar-refractivity contribution in [2.75, 3.05) is 18.5 Å². The van der Waals surface area contributed by atoms with E-state index in [2.05, 4.69) is 5.32 Å². The van der Waals surface area contributed by atoms with E-state index in [1.54, 1.807) is 12.1 Å². The smallest absolute Gasteiger partial charge is 0.262 e. The number of carbonyl (C=O) groups excluding carboxylic acids is 1. The van der Waals surface area contributed by atoms with Gasteiger partial charge in [-0.1, -0.05) is 19.1 Å². The Hall–Kier alpha value is -2.56. The molecule has 0 aliphatic rings. The molecule has 0 saturated heterocycles. The van der Waals surface area contributed by atoms with Crippen LogP contribution in [0.4, 0.5) is 10.1 Å². The predicted octanol–water partition coefficient (Wildman–Crippen LogP) is 3.63. The van der Waals surface area contributed by atoms with Crippen molar-refractivity contribution in [3.05, 3.63) is 54.3 Å². The standard InChI is InChI=1S/C17H18FNO3/c1-2-11-21-16-6-4-3-5-15(16)19-17(20)12-22-14-9-7-13(18)8-10-14/h3-10H,2,11-12H2,1H3,(H,19,20). The Balaban J connectivity index is 1.90. The summed E-state index contributed by atoms with van der Waals surface area (Å²) in [5.41, 5.74) is 0.601. The quantitative estimate of drug-likeness (QED) is 0.849. The fourth-order valence-corrected chi connectivity index (χ4v) is 1.77. The molecule has 0 aliphatic heterocycles. The summed E-state index contributed by atoms with van der Waals surface area (Å²) in [6.45, 7) is 2.43. The van der Waals surface area contributed by atoms with Crippen LogP contribution >= 0.6 is 0 Å². The summed E-state index contributed by atoms with van der Waals surface area (Å²) >= 11 is 0. The van der Waals surface area contributed by atoms with Gasteiger partial charge in [0.05, 0.1) is 12.3 Å². The number of anilines is 1. The molecule has 5 heteroatoms. The molecule has 0 fully saturated rings. The number of rotatable bonds is 7. The van der Waals surface area contributed by atoms with E-state index in [-0.39, 0.29) is 18.3 Å². The second-order valence-electron chi connectivity index (χ2n) is 4.64. The number of benzene rings is 2. The van der Waals surface area contributed by atoms with Gasteiger partial charge in [-0.05, 0) is 42.8 Å². The average molecular weight is 303 g/mol. The lowest BCUT2D eigenvalue weighted by atomic mass is 10.3. The molecule has 4 nitrogen and oxygen atoms in total. The molecule has 0 aliphatic carbocycles. The van der Waals surface area contributed by atoms with E-state index in [0.717, 1.165) is 6.42 Å². The minimum absolute atomic E-state index is 0.159. The zero-order valence-corrected chi connectivity index (χ0v) is 12.3. The fraction of sp³-hybridized carbons (Fsp3) is 0.235. The molecule has 22 heavy (non-hydrogen) atoms. The van der Waals surface area contributed by atoms with Crippen molar-refractivity contribution >= 4 is 11.6 Å². The first-order valence-electron chi connectivity index (χ1n) is 7.09. The van der Waals surface area contributed by atoms with E-state index in [4.69, 9.17) is 9.47 Å². The molecule has 2 rings (SSSR count). The molecule has 0 bridgehead atoms. The minimum atomic E-state index is -0.348. The van der Waals surface area contributed by atoms with Crippen LogP contribution in [0.2, 0.25) is 0 Å². The van der Waals surface area contributed by atoms with Crippen molar-refractivity contribution < 1.29 is 18.7 Å².